The molecule has 1 aromatic carbocycles. The molecule has 0 saturated carbocycles. The SMILES string of the molecule is CCc1sc(=NC(=O)c2ccco2)n(CC)c1-c1ccc(C)c(C)c1. The Morgan fingerprint density at radius 1 is 1.20 bits per heavy atom. The van der Waals surface area contributed by atoms with Gasteiger partial charge < -0.3 is 8.98 Å². The average Bonchev–Trinajstić information content (AvgIpc) is 3.24. The molecule has 0 bridgehead atoms. The summed E-state index contributed by atoms with van der Waals surface area (Å²) in [5.74, 6) is -0.0791. The number of hydrogen-bond donors (Lipinski definition) is 0. The fourth-order valence-electron chi connectivity index (χ4n) is 2.82. The second kappa shape index (κ2) is 7.23. The Morgan fingerprint density at radius 2 is 2.00 bits per heavy atom. The third-order valence-electron chi connectivity index (χ3n) is 4.33. The molecule has 0 radical (unpaired) electrons. The van der Waals surface area contributed by atoms with Crippen LogP contribution in [0, 0.1) is 13.8 Å². The van der Waals surface area contributed by atoms with E-state index >= 15 is 0 Å². The maximum Gasteiger partial charge on any atom is 0.315 e. The lowest BCUT2D eigenvalue weighted by Crippen LogP contribution is -2.17. The van der Waals surface area contributed by atoms with Crippen molar-refractivity contribution in [3.63, 3.8) is 0 Å². The fraction of sp³-hybridized carbons (Fsp3) is 0.300. The third-order valence-corrected chi connectivity index (χ3v) is 5.55. The predicted molar refractivity (Wildman–Crippen MR) is 101 cm³/mol. The van der Waals surface area contributed by atoms with Gasteiger partial charge in [-0.2, -0.15) is 4.99 Å². The van der Waals surface area contributed by atoms with Crippen LogP contribution in [0.25, 0.3) is 11.3 Å². The molecule has 130 valence electrons. The number of aromatic nitrogens is 1. The number of carbonyl (C=O) groups is 1. The van der Waals surface area contributed by atoms with Crippen molar-refractivity contribution in [3.8, 4) is 11.3 Å². The Balaban J connectivity index is 2.18. The highest BCUT2D eigenvalue weighted by Crippen LogP contribution is 2.28. The van der Waals surface area contributed by atoms with E-state index in [1.165, 1.54) is 27.8 Å². The molecule has 3 aromatic rings. The van der Waals surface area contributed by atoms with Crippen molar-refractivity contribution in [1.82, 2.24) is 4.57 Å². The summed E-state index contributed by atoms with van der Waals surface area (Å²) in [5, 5.41) is 0. The zero-order chi connectivity index (χ0) is 18.0. The second-order valence-electron chi connectivity index (χ2n) is 5.95. The van der Waals surface area contributed by atoms with Crippen molar-refractivity contribution < 1.29 is 9.21 Å². The van der Waals surface area contributed by atoms with Crippen LogP contribution in [0.4, 0.5) is 0 Å². The van der Waals surface area contributed by atoms with E-state index in [4.69, 9.17) is 4.42 Å². The Morgan fingerprint density at radius 3 is 2.60 bits per heavy atom. The summed E-state index contributed by atoms with van der Waals surface area (Å²) in [4.78, 5) is 18.6. The topological polar surface area (TPSA) is 47.5 Å². The number of carbonyl (C=O) groups excluding carboxylic acids is 1. The lowest BCUT2D eigenvalue weighted by atomic mass is 10.0. The fourth-order valence-corrected chi connectivity index (χ4v) is 3.97. The zero-order valence-corrected chi connectivity index (χ0v) is 15.8. The molecule has 5 heteroatoms. The molecule has 4 nitrogen and oxygen atoms in total. The van der Waals surface area contributed by atoms with Gasteiger partial charge in [0, 0.05) is 11.4 Å². The Bertz CT molecular complexity index is 962. The summed E-state index contributed by atoms with van der Waals surface area (Å²) in [6, 6.07) is 9.84. The maximum atomic E-state index is 12.3. The van der Waals surface area contributed by atoms with E-state index < -0.39 is 0 Å². The van der Waals surface area contributed by atoms with Gasteiger partial charge in [-0.25, -0.2) is 0 Å². The number of aryl methyl sites for hydroxylation is 3. The van der Waals surface area contributed by atoms with Crippen LogP contribution in [0.3, 0.4) is 0 Å². The van der Waals surface area contributed by atoms with E-state index in [-0.39, 0.29) is 11.7 Å². The van der Waals surface area contributed by atoms with Gasteiger partial charge in [0.05, 0.1) is 12.0 Å². The molecule has 0 aliphatic rings. The normalized spacial score (nSPS) is 11.9. The summed E-state index contributed by atoms with van der Waals surface area (Å²) in [6.07, 6.45) is 2.39. The lowest BCUT2D eigenvalue weighted by molar-refractivity contribution is 0.0971. The van der Waals surface area contributed by atoms with Gasteiger partial charge in [-0.1, -0.05) is 19.1 Å². The number of furan rings is 1. The van der Waals surface area contributed by atoms with Crippen molar-refractivity contribution in [3.05, 3.63) is 63.2 Å². The van der Waals surface area contributed by atoms with Crippen molar-refractivity contribution in [2.45, 2.75) is 40.7 Å². The zero-order valence-electron chi connectivity index (χ0n) is 15.0. The van der Waals surface area contributed by atoms with Crippen molar-refractivity contribution in [2.75, 3.05) is 0 Å². The first-order valence-electron chi connectivity index (χ1n) is 8.47. The molecule has 2 aromatic heterocycles. The minimum atomic E-state index is -0.345. The van der Waals surface area contributed by atoms with Gasteiger partial charge in [-0.05, 0) is 62.1 Å². The molecular weight excluding hydrogens is 332 g/mol. The number of rotatable bonds is 4. The first-order chi connectivity index (χ1) is 12.0. The van der Waals surface area contributed by atoms with Gasteiger partial charge in [-0.15, -0.1) is 11.3 Å². The highest BCUT2D eigenvalue weighted by Gasteiger charge is 2.16. The van der Waals surface area contributed by atoms with Gasteiger partial charge in [0.2, 0.25) is 0 Å². The van der Waals surface area contributed by atoms with E-state index in [1.54, 1.807) is 23.5 Å². The van der Waals surface area contributed by atoms with Crippen molar-refractivity contribution in [1.29, 1.82) is 0 Å². The molecule has 2 heterocycles. The van der Waals surface area contributed by atoms with E-state index in [2.05, 4.69) is 55.5 Å². The monoisotopic (exact) mass is 354 g/mol. The molecule has 1 amide bonds. The number of benzene rings is 1. The molecule has 0 aliphatic carbocycles. The quantitative estimate of drug-likeness (QED) is 0.679. The summed E-state index contributed by atoms with van der Waals surface area (Å²) >= 11 is 1.57. The molecule has 3 rings (SSSR count). The van der Waals surface area contributed by atoms with Gasteiger partial charge in [0.1, 0.15) is 0 Å². The summed E-state index contributed by atoms with van der Waals surface area (Å²) < 4.78 is 7.29. The third kappa shape index (κ3) is 3.37. The summed E-state index contributed by atoms with van der Waals surface area (Å²) in [6.45, 7) is 9.20. The molecule has 0 atom stereocenters. The first-order valence-corrected chi connectivity index (χ1v) is 9.29. The summed E-state index contributed by atoms with van der Waals surface area (Å²) in [5.41, 5.74) is 4.87. The summed E-state index contributed by atoms with van der Waals surface area (Å²) in [7, 11) is 0. The minimum absolute atomic E-state index is 0.266. The predicted octanol–water partition coefficient (Wildman–Crippen LogP) is 4.75. The Kier molecular flexibility index (Phi) is 5.04. The Labute approximate surface area is 151 Å². The molecule has 0 spiro atoms. The highest BCUT2D eigenvalue weighted by molar-refractivity contribution is 7.09. The minimum Gasteiger partial charge on any atom is -0.459 e. The van der Waals surface area contributed by atoms with Crippen LogP contribution in [0.5, 0.6) is 0 Å². The molecular formula is C20H22N2O2S. The van der Waals surface area contributed by atoms with Crippen LogP contribution in [0.2, 0.25) is 0 Å². The largest absolute Gasteiger partial charge is 0.459 e. The van der Waals surface area contributed by atoms with Crippen LogP contribution in [-0.2, 0) is 13.0 Å². The van der Waals surface area contributed by atoms with Gasteiger partial charge in [0.25, 0.3) is 0 Å². The molecule has 0 N–H and O–H groups in total. The van der Waals surface area contributed by atoms with Crippen LogP contribution in [-0.4, -0.2) is 10.5 Å². The van der Waals surface area contributed by atoms with E-state index in [0.717, 1.165) is 18.7 Å². The highest BCUT2D eigenvalue weighted by atomic mass is 32.1. The number of thiazole rings is 1. The van der Waals surface area contributed by atoms with E-state index in [1.807, 2.05) is 0 Å². The van der Waals surface area contributed by atoms with Crippen molar-refractivity contribution in [2.24, 2.45) is 4.99 Å². The number of hydrogen-bond acceptors (Lipinski definition) is 3. The molecule has 0 fully saturated rings. The van der Waals surface area contributed by atoms with Crippen LogP contribution in [0.1, 0.15) is 40.4 Å². The van der Waals surface area contributed by atoms with E-state index in [9.17, 15) is 4.79 Å². The lowest BCUT2D eigenvalue weighted by Gasteiger charge is -2.10. The molecule has 25 heavy (non-hydrogen) atoms. The standard InChI is InChI=1S/C20H22N2O2S/c1-5-17-18(15-10-9-13(3)14(4)12-15)22(6-2)20(25-17)21-19(23)16-8-7-11-24-16/h7-12H,5-6H2,1-4H3. The molecule has 0 aliphatic heterocycles. The first kappa shape index (κ1) is 17.4. The van der Waals surface area contributed by atoms with Crippen LogP contribution < -0.4 is 4.80 Å². The van der Waals surface area contributed by atoms with Crippen LogP contribution in [0.15, 0.2) is 46.0 Å². The van der Waals surface area contributed by atoms with E-state index in [0.29, 0.717) is 4.80 Å². The number of nitrogens with zero attached hydrogens (tertiary/aromatic N) is 2. The van der Waals surface area contributed by atoms with Gasteiger partial charge >= 0.3 is 5.91 Å². The Hall–Kier alpha value is -2.40. The molecule has 0 unspecified atom stereocenters. The van der Waals surface area contributed by atoms with Gasteiger partial charge in [-0.3, -0.25) is 4.79 Å². The number of amides is 1. The second-order valence-corrected chi connectivity index (χ2v) is 7.01. The van der Waals surface area contributed by atoms with Crippen molar-refractivity contribution >= 4 is 17.2 Å². The maximum absolute atomic E-state index is 12.3. The van der Waals surface area contributed by atoms with Crippen LogP contribution >= 0.6 is 11.3 Å². The molecule has 0 saturated heterocycles. The van der Waals surface area contributed by atoms with Gasteiger partial charge in [0.15, 0.2) is 10.6 Å². The average molecular weight is 354 g/mol. The smallest absolute Gasteiger partial charge is 0.315 e.